The van der Waals surface area contributed by atoms with E-state index in [4.69, 9.17) is 15.9 Å². The predicted octanol–water partition coefficient (Wildman–Crippen LogP) is 0.833. The summed E-state index contributed by atoms with van der Waals surface area (Å²) in [6, 6.07) is 0. The molecule has 0 aromatic rings. The summed E-state index contributed by atoms with van der Waals surface area (Å²) in [6.07, 6.45) is 1.08. The van der Waals surface area contributed by atoms with Crippen LogP contribution in [0.1, 0.15) is 6.92 Å². The van der Waals surface area contributed by atoms with E-state index in [1.165, 1.54) is 4.08 Å². The van der Waals surface area contributed by atoms with Crippen molar-refractivity contribution in [3.63, 3.8) is 0 Å². The highest BCUT2D eigenvalue weighted by Gasteiger charge is 2.06. The fraction of sp³-hybridized carbons (Fsp3) is 0.286. The molecule has 0 bridgehead atoms. The normalized spacial score (nSPS) is 11.7. The van der Waals surface area contributed by atoms with Crippen LogP contribution >= 0.6 is 22.6 Å². The average molecular weight is 295 g/mol. The first-order valence-corrected chi connectivity index (χ1v) is 4.72. The molecule has 0 heterocycles. The molecule has 5 nitrogen and oxygen atoms in total. The highest BCUT2D eigenvalue weighted by Crippen LogP contribution is 2.03. The van der Waals surface area contributed by atoms with Gasteiger partial charge in [-0.1, -0.05) is 22.6 Å². The Morgan fingerprint density at radius 2 is 2.38 bits per heavy atom. The van der Waals surface area contributed by atoms with Crippen LogP contribution in [0, 0.1) is 5.41 Å². The van der Waals surface area contributed by atoms with Crippen molar-refractivity contribution in [3.8, 4) is 0 Å². The molecule has 0 aliphatic heterocycles. The fourth-order valence-electron chi connectivity index (χ4n) is 0.470. The largest absolute Gasteiger partial charge is 0.461 e. The third-order valence-corrected chi connectivity index (χ3v) is 1.52. The molecule has 0 fully saturated rings. The quantitative estimate of drug-likeness (QED) is 0.265. The lowest BCUT2D eigenvalue weighted by Crippen LogP contribution is -2.12. The van der Waals surface area contributed by atoms with Crippen LogP contribution in [0.2, 0.25) is 0 Å². The first-order chi connectivity index (χ1) is 6.11. The Bertz CT molecular complexity index is 260. The van der Waals surface area contributed by atoms with Gasteiger partial charge in [0.1, 0.15) is 5.84 Å². The number of rotatable bonds is 4. The Morgan fingerprint density at radius 3 is 2.77 bits per heavy atom. The van der Waals surface area contributed by atoms with Crippen molar-refractivity contribution in [2.45, 2.75) is 6.92 Å². The molecule has 0 aromatic carbocycles. The van der Waals surface area contributed by atoms with Crippen LogP contribution in [-0.4, -0.2) is 24.6 Å². The lowest BCUT2D eigenvalue weighted by molar-refractivity contribution is -0.138. The van der Waals surface area contributed by atoms with E-state index in [-0.39, 0.29) is 11.5 Å². The highest BCUT2D eigenvalue weighted by atomic mass is 127. The smallest absolute Gasteiger partial charge is 0.357 e. The van der Waals surface area contributed by atoms with Crippen molar-refractivity contribution >= 4 is 40.6 Å². The van der Waals surface area contributed by atoms with Crippen LogP contribution in [0.5, 0.6) is 0 Å². The van der Waals surface area contributed by atoms with Crippen LogP contribution < -0.4 is 5.73 Å². The Morgan fingerprint density at radius 1 is 1.77 bits per heavy atom. The van der Waals surface area contributed by atoms with Gasteiger partial charge < -0.3 is 10.5 Å². The zero-order chi connectivity index (χ0) is 10.3. The molecule has 0 spiro atoms. The number of nitrogens with zero attached hydrogens (tertiary/aromatic N) is 1. The van der Waals surface area contributed by atoms with Crippen LogP contribution in [0.4, 0.5) is 0 Å². The SMILES string of the molecule is CCOC(=O)C(=C/I)/N=C\C(=N)N. The predicted molar refractivity (Wildman–Crippen MR) is 59.1 cm³/mol. The fourth-order valence-corrected chi connectivity index (χ4v) is 0.885. The maximum Gasteiger partial charge on any atom is 0.357 e. The van der Waals surface area contributed by atoms with Gasteiger partial charge in [-0.25, -0.2) is 9.79 Å². The maximum atomic E-state index is 11.1. The van der Waals surface area contributed by atoms with E-state index in [2.05, 4.69) is 4.99 Å². The van der Waals surface area contributed by atoms with E-state index >= 15 is 0 Å². The number of nitrogens with one attached hydrogen (secondary N) is 1. The number of carbonyl (C=O) groups is 1. The van der Waals surface area contributed by atoms with Gasteiger partial charge in [-0.05, 0) is 6.92 Å². The summed E-state index contributed by atoms with van der Waals surface area (Å²) >= 11 is 1.86. The zero-order valence-corrected chi connectivity index (χ0v) is 9.24. The molecule has 0 aromatic heterocycles. The van der Waals surface area contributed by atoms with E-state index in [1.807, 2.05) is 22.6 Å². The van der Waals surface area contributed by atoms with Crippen LogP contribution in [0.25, 0.3) is 0 Å². The summed E-state index contributed by atoms with van der Waals surface area (Å²) in [5, 5.41) is 6.85. The zero-order valence-electron chi connectivity index (χ0n) is 7.08. The van der Waals surface area contributed by atoms with E-state index in [9.17, 15) is 4.79 Å². The molecular formula is C7H10IN3O2. The molecule has 0 radical (unpaired) electrons. The van der Waals surface area contributed by atoms with Crippen molar-refractivity contribution < 1.29 is 9.53 Å². The Hall–Kier alpha value is -0.920. The number of nitrogens with two attached hydrogens (primary N) is 1. The molecule has 0 atom stereocenters. The van der Waals surface area contributed by atoms with Crippen LogP contribution in [0.3, 0.4) is 0 Å². The van der Waals surface area contributed by atoms with Gasteiger partial charge in [0.25, 0.3) is 0 Å². The molecule has 6 heteroatoms. The minimum Gasteiger partial charge on any atom is -0.461 e. The first kappa shape index (κ1) is 12.1. The second kappa shape index (κ2) is 6.58. The summed E-state index contributed by atoms with van der Waals surface area (Å²) in [6.45, 7) is 2.00. The summed E-state index contributed by atoms with van der Waals surface area (Å²) in [7, 11) is 0. The molecule has 72 valence electrons. The summed E-state index contributed by atoms with van der Waals surface area (Å²) in [4.78, 5) is 14.7. The van der Waals surface area contributed by atoms with E-state index in [0.717, 1.165) is 6.21 Å². The number of carbonyl (C=O) groups excluding carboxylic acids is 1. The number of halogens is 1. The molecule has 0 unspecified atom stereocenters. The molecule has 0 amide bonds. The maximum absolute atomic E-state index is 11.1. The van der Waals surface area contributed by atoms with Crippen molar-refractivity contribution in [2.24, 2.45) is 10.7 Å². The molecule has 0 saturated heterocycles. The number of hydrogen-bond acceptors (Lipinski definition) is 4. The van der Waals surface area contributed by atoms with Gasteiger partial charge in [-0.2, -0.15) is 0 Å². The molecule has 0 saturated carbocycles. The number of esters is 1. The Balaban J connectivity index is 4.37. The van der Waals surface area contributed by atoms with Crippen molar-refractivity contribution in [3.05, 3.63) is 9.78 Å². The number of ether oxygens (including phenoxy) is 1. The third kappa shape index (κ3) is 5.34. The average Bonchev–Trinajstić information content (AvgIpc) is 2.05. The van der Waals surface area contributed by atoms with Crippen LogP contribution in [0.15, 0.2) is 14.8 Å². The summed E-state index contributed by atoms with van der Waals surface area (Å²) in [5.41, 5.74) is 5.16. The highest BCUT2D eigenvalue weighted by molar-refractivity contribution is 14.1. The van der Waals surface area contributed by atoms with Gasteiger partial charge in [0.15, 0.2) is 5.70 Å². The van der Waals surface area contributed by atoms with Crippen molar-refractivity contribution in [1.82, 2.24) is 0 Å². The lowest BCUT2D eigenvalue weighted by Gasteiger charge is -1.99. The molecule has 0 aliphatic carbocycles. The van der Waals surface area contributed by atoms with Gasteiger partial charge in [-0.3, -0.25) is 5.41 Å². The molecular weight excluding hydrogens is 285 g/mol. The second-order valence-electron chi connectivity index (χ2n) is 1.93. The van der Waals surface area contributed by atoms with Crippen molar-refractivity contribution in [2.75, 3.05) is 6.61 Å². The molecule has 13 heavy (non-hydrogen) atoms. The van der Waals surface area contributed by atoms with Gasteiger partial charge in [0.2, 0.25) is 0 Å². The molecule has 3 N–H and O–H groups in total. The van der Waals surface area contributed by atoms with Crippen LogP contribution in [-0.2, 0) is 9.53 Å². The number of hydrogen-bond donors (Lipinski definition) is 2. The second-order valence-corrected chi connectivity index (χ2v) is 2.55. The van der Waals surface area contributed by atoms with Crippen molar-refractivity contribution in [1.29, 1.82) is 5.41 Å². The Kier molecular flexibility index (Phi) is 6.11. The topological polar surface area (TPSA) is 88.5 Å². The summed E-state index contributed by atoms with van der Waals surface area (Å²) < 4.78 is 6.16. The summed E-state index contributed by atoms with van der Waals surface area (Å²) in [5.74, 6) is -0.727. The van der Waals surface area contributed by atoms with Gasteiger partial charge in [-0.15, -0.1) is 0 Å². The van der Waals surface area contributed by atoms with Gasteiger partial charge in [0, 0.05) is 4.08 Å². The van der Waals surface area contributed by atoms with E-state index < -0.39 is 5.97 Å². The van der Waals surface area contributed by atoms with Gasteiger partial charge >= 0.3 is 5.97 Å². The number of aliphatic imine (C=N–C) groups is 1. The minimum atomic E-state index is -0.519. The minimum absolute atomic E-state index is 0.137. The molecule has 0 rings (SSSR count). The van der Waals surface area contributed by atoms with E-state index in [0.29, 0.717) is 6.61 Å². The number of amidine groups is 1. The molecule has 0 aliphatic rings. The van der Waals surface area contributed by atoms with Gasteiger partial charge in [0.05, 0.1) is 12.8 Å². The standard InChI is InChI=1S/C7H10IN3O2/c1-2-13-7(12)5(3-8)11-4-6(9)10/h3-4H,2H2,1H3,(H3,9,10)/b5-3-,11-4-. The first-order valence-electron chi connectivity index (χ1n) is 3.47. The monoisotopic (exact) mass is 295 g/mol. The lowest BCUT2D eigenvalue weighted by atomic mass is 10.5. The third-order valence-electron chi connectivity index (χ3n) is 0.931. The Labute approximate surface area is 89.7 Å². The van der Waals surface area contributed by atoms with E-state index in [1.54, 1.807) is 6.92 Å².